The van der Waals surface area contributed by atoms with Crippen molar-refractivity contribution >= 4 is 17.5 Å². The van der Waals surface area contributed by atoms with Crippen molar-refractivity contribution in [3.63, 3.8) is 0 Å². The van der Waals surface area contributed by atoms with Gasteiger partial charge >= 0.3 is 0 Å². The number of anilines is 1. The molecule has 3 rings (SSSR count). The van der Waals surface area contributed by atoms with E-state index in [1.807, 2.05) is 75.4 Å². The van der Waals surface area contributed by atoms with E-state index in [0.717, 1.165) is 11.1 Å². The summed E-state index contributed by atoms with van der Waals surface area (Å²) in [6.45, 7) is 6.41. The van der Waals surface area contributed by atoms with Crippen LogP contribution in [0, 0.1) is 6.92 Å². The average Bonchev–Trinajstić information content (AvgIpc) is 2.72. The monoisotopic (exact) mass is 387 g/mol. The lowest BCUT2D eigenvalue weighted by atomic mass is 10.1. The van der Waals surface area contributed by atoms with Crippen LogP contribution in [0.4, 0.5) is 5.69 Å². The van der Waals surface area contributed by atoms with Gasteiger partial charge in [-0.25, -0.2) is 0 Å². The number of benzene rings is 2. The number of nitrogens with zero attached hydrogens (tertiary/aromatic N) is 2. The van der Waals surface area contributed by atoms with Crippen LogP contribution >= 0.6 is 0 Å². The number of aromatic nitrogens is 1. The molecule has 0 aliphatic heterocycles. The third-order valence-electron chi connectivity index (χ3n) is 4.60. The van der Waals surface area contributed by atoms with Gasteiger partial charge in [0.1, 0.15) is 0 Å². The molecule has 0 unspecified atom stereocenters. The summed E-state index contributed by atoms with van der Waals surface area (Å²) in [7, 11) is 0. The van der Waals surface area contributed by atoms with E-state index in [2.05, 4.69) is 10.3 Å². The van der Waals surface area contributed by atoms with Crippen LogP contribution in [0.2, 0.25) is 0 Å². The lowest BCUT2D eigenvalue weighted by molar-refractivity contribution is 0.0690. The summed E-state index contributed by atoms with van der Waals surface area (Å²) < 4.78 is 0. The van der Waals surface area contributed by atoms with Gasteiger partial charge in [-0.15, -0.1) is 0 Å². The van der Waals surface area contributed by atoms with E-state index in [0.29, 0.717) is 23.4 Å². The molecule has 0 bridgehead atoms. The van der Waals surface area contributed by atoms with Crippen molar-refractivity contribution in [1.29, 1.82) is 0 Å². The maximum Gasteiger partial charge on any atom is 0.257 e. The minimum atomic E-state index is -0.295. The second-order valence-electron chi connectivity index (χ2n) is 7.30. The van der Waals surface area contributed by atoms with E-state index < -0.39 is 0 Å². The van der Waals surface area contributed by atoms with Crippen LogP contribution in [0.5, 0.6) is 0 Å². The molecule has 3 aromatic rings. The highest BCUT2D eigenvalue weighted by molar-refractivity contribution is 6.05. The molecule has 148 valence electrons. The summed E-state index contributed by atoms with van der Waals surface area (Å²) in [6, 6.07) is 19.0. The molecule has 0 aliphatic carbocycles. The molecule has 1 aromatic heterocycles. The van der Waals surface area contributed by atoms with Gasteiger partial charge in [0.25, 0.3) is 11.8 Å². The third kappa shape index (κ3) is 5.29. The number of rotatable bonds is 6. The molecular formula is C24H25N3O2. The van der Waals surface area contributed by atoms with Gasteiger partial charge < -0.3 is 10.2 Å². The number of carbonyl (C=O) groups excluding carboxylic acids is 2. The van der Waals surface area contributed by atoms with Crippen LogP contribution in [-0.4, -0.2) is 27.7 Å². The fraction of sp³-hybridized carbons (Fsp3) is 0.208. The fourth-order valence-corrected chi connectivity index (χ4v) is 3.04. The molecule has 0 saturated heterocycles. The minimum Gasteiger partial charge on any atom is -0.332 e. The zero-order valence-corrected chi connectivity index (χ0v) is 16.9. The van der Waals surface area contributed by atoms with Gasteiger partial charge in [-0.05, 0) is 50.1 Å². The maximum atomic E-state index is 13.1. The Kier molecular flexibility index (Phi) is 6.39. The predicted molar refractivity (Wildman–Crippen MR) is 115 cm³/mol. The number of amides is 2. The Labute approximate surface area is 171 Å². The van der Waals surface area contributed by atoms with Crippen LogP contribution in [0.15, 0.2) is 73.1 Å². The van der Waals surface area contributed by atoms with E-state index in [-0.39, 0.29) is 17.9 Å². The number of hydrogen-bond acceptors (Lipinski definition) is 3. The molecule has 1 heterocycles. The van der Waals surface area contributed by atoms with Crippen molar-refractivity contribution in [1.82, 2.24) is 9.88 Å². The van der Waals surface area contributed by atoms with E-state index in [1.165, 1.54) is 12.4 Å². The van der Waals surface area contributed by atoms with Crippen LogP contribution in [0.3, 0.4) is 0 Å². The summed E-state index contributed by atoms with van der Waals surface area (Å²) in [6.07, 6.45) is 2.98. The number of nitrogens with one attached hydrogen (secondary N) is 1. The first-order valence-electron chi connectivity index (χ1n) is 9.62. The van der Waals surface area contributed by atoms with Crippen LogP contribution in [0.1, 0.15) is 45.7 Å². The van der Waals surface area contributed by atoms with Gasteiger partial charge in [0.05, 0.1) is 11.1 Å². The highest BCUT2D eigenvalue weighted by Crippen LogP contribution is 2.16. The van der Waals surface area contributed by atoms with Crippen LogP contribution < -0.4 is 5.32 Å². The Balaban J connectivity index is 1.79. The van der Waals surface area contributed by atoms with Crippen molar-refractivity contribution < 1.29 is 9.59 Å². The molecule has 2 aromatic carbocycles. The highest BCUT2D eigenvalue weighted by Gasteiger charge is 2.20. The first-order valence-corrected chi connectivity index (χ1v) is 9.62. The van der Waals surface area contributed by atoms with E-state index in [1.54, 1.807) is 11.0 Å². The summed E-state index contributed by atoms with van der Waals surface area (Å²) >= 11 is 0. The van der Waals surface area contributed by atoms with Crippen LogP contribution in [-0.2, 0) is 6.54 Å². The lowest BCUT2D eigenvalue weighted by Crippen LogP contribution is -2.36. The van der Waals surface area contributed by atoms with Crippen molar-refractivity contribution in [2.24, 2.45) is 0 Å². The van der Waals surface area contributed by atoms with Gasteiger partial charge in [-0.3, -0.25) is 14.6 Å². The topological polar surface area (TPSA) is 62.3 Å². The molecule has 2 amide bonds. The average molecular weight is 387 g/mol. The molecule has 5 heteroatoms. The Morgan fingerprint density at radius 2 is 1.69 bits per heavy atom. The maximum absolute atomic E-state index is 13.1. The predicted octanol–water partition coefficient (Wildman–Crippen LogP) is 4.69. The van der Waals surface area contributed by atoms with Crippen molar-refractivity contribution in [3.8, 4) is 0 Å². The molecule has 0 atom stereocenters. The molecule has 0 saturated carbocycles. The smallest absolute Gasteiger partial charge is 0.257 e. The normalized spacial score (nSPS) is 10.6. The molecular weight excluding hydrogens is 362 g/mol. The van der Waals surface area contributed by atoms with Crippen molar-refractivity contribution in [3.05, 3.63) is 95.3 Å². The quantitative estimate of drug-likeness (QED) is 0.667. The number of pyridine rings is 1. The van der Waals surface area contributed by atoms with Crippen molar-refractivity contribution in [2.45, 2.75) is 33.4 Å². The second-order valence-corrected chi connectivity index (χ2v) is 7.30. The largest absolute Gasteiger partial charge is 0.332 e. The van der Waals surface area contributed by atoms with Gasteiger partial charge in [-0.1, -0.05) is 42.5 Å². The highest BCUT2D eigenvalue weighted by atomic mass is 16.2. The van der Waals surface area contributed by atoms with E-state index in [9.17, 15) is 9.59 Å². The molecule has 5 nitrogen and oxygen atoms in total. The van der Waals surface area contributed by atoms with E-state index >= 15 is 0 Å². The first-order chi connectivity index (χ1) is 13.9. The Hall–Kier alpha value is -3.47. The number of hydrogen-bond donors (Lipinski definition) is 1. The Morgan fingerprint density at radius 3 is 2.38 bits per heavy atom. The second kappa shape index (κ2) is 9.15. The third-order valence-corrected chi connectivity index (χ3v) is 4.60. The molecule has 0 spiro atoms. The minimum absolute atomic E-state index is 0.00693. The van der Waals surface area contributed by atoms with Crippen molar-refractivity contribution in [2.75, 3.05) is 5.32 Å². The van der Waals surface area contributed by atoms with Gasteiger partial charge in [-0.2, -0.15) is 0 Å². The molecule has 0 radical (unpaired) electrons. The Morgan fingerprint density at radius 1 is 0.966 bits per heavy atom. The van der Waals surface area contributed by atoms with Crippen LogP contribution in [0.25, 0.3) is 0 Å². The number of carbonyl (C=O) groups is 2. The van der Waals surface area contributed by atoms with Gasteiger partial charge in [0.15, 0.2) is 0 Å². The van der Waals surface area contributed by atoms with Gasteiger partial charge in [0.2, 0.25) is 0 Å². The summed E-state index contributed by atoms with van der Waals surface area (Å²) in [5.41, 5.74) is 3.56. The summed E-state index contributed by atoms with van der Waals surface area (Å²) in [5, 5.41) is 2.85. The molecule has 1 N–H and O–H groups in total. The SMILES string of the molecule is Cc1cccc(NC(=O)c2cncc(C(=O)N(Cc3ccccc3)C(C)C)c2)c1. The molecule has 29 heavy (non-hydrogen) atoms. The van der Waals surface area contributed by atoms with E-state index in [4.69, 9.17) is 0 Å². The zero-order chi connectivity index (χ0) is 20.8. The molecule has 0 fully saturated rings. The zero-order valence-electron chi connectivity index (χ0n) is 16.9. The summed E-state index contributed by atoms with van der Waals surface area (Å²) in [4.78, 5) is 31.6. The number of aryl methyl sites for hydroxylation is 1. The Bertz CT molecular complexity index is 1000. The van der Waals surface area contributed by atoms with Gasteiger partial charge in [0, 0.05) is 30.7 Å². The summed E-state index contributed by atoms with van der Waals surface area (Å²) in [5.74, 6) is -0.446. The fourth-order valence-electron chi connectivity index (χ4n) is 3.04. The molecule has 0 aliphatic rings. The first kappa shape index (κ1) is 20.3. The standard InChI is InChI=1S/C24H25N3O2/c1-17(2)27(16-19-9-5-4-6-10-19)24(29)21-13-20(14-25-15-21)23(28)26-22-11-7-8-18(3)12-22/h4-15,17H,16H2,1-3H3,(H,26,28). The lowest BCUT2D eigenvalue weighted by Gasteiger charge is -2.27.